The fourth-order valence-electron chi connectivity index (χ4n) is 3.01. The summed E-state index contributed by atoms with van der Waals surface area (Å²) < 4.78 is 4.08. The number of fused-ring (bicyclic) bond motifs is 1. The molecule has 2 rings (SSSR count). The first-order chi connectivity index (χ1) is 9.86. The lowest BCUT2D eigenvalue weighted by atomic mass is 10.2. The molecule has 2 aromatic heterocycles. The molecule has 0 aromatic carbocycles. The lowest BCUT2D eigenvalue weighted by Crippen LogP contribution is -2.39. The third-order valence-electron chi connectivity index (χ3n) is 4.04. The van der Waals surface area contributed by atoms with Gasteiger partial charge in [-0.05, 0) is 41.5 Å². The van der Waals surface area contributed by atoms with Crippen molar-refractivity contribution in [3.05, 3.63) is 5.69 Å². The van der Waals surface area contributed by atoms with E-state index in [2.05, 4.69) is 54.2 Å². The summed E-state index contributed by atoms with van der Waals surface area (Å²) in [5.41, 5.74) is 9.03. The van der Waals surface area contributed by atoms with Crippen LogP contribution in [0.5, 0.6) is 0 Å². The zero-order chi connectivity index (χ0) is 15.7. The number of nitrogens with zero attached hydrogens (tertiary/aromatic N) is 5. The van der Waals surface area contributed by atoms with Crippen LogP contribution in [0.4, 0.5) is 5.95 Å². The molecule has 0 bridgehead atoms. The molecule has 0 atom stereocenters. The van der Waals surface area contributed by atoms with Crippen molar-refractivity contribution < 1.29 is 0 Å². The van der Waals surface area contributed by atoms with E-state index in [4.69, 9.17) is 5.73 Å². The van der Waals surface area contributed by atoms with Crippen LogP contribution in [0.2, 0.25) is 0 Å². The molecule has 21 heavy (non-hydrogen) atoms. The molecule has 118 valence electrons. The Bertz CT molecular complexity index is 599. The fourth-order valence-corrected chi connectivity index (χ4v) is 3.01. The van der Waals surface area contributed by atoms with Crippen molar-refractivity contribution >= 4 is 17.1 Å². The number of hydrogen-bond donors (Lipinski definition) is 1. The number of aryl methyl sites for hydroxylation is 2. The van der Waals surface area contributed by atoms with Gasteiger partial charge in [-0.1, -0.05) is 0 Å². The molecule has 0 aliphatic rings. The monoisotopic (exact) mass is 292 g/mol. The van der Waals surface area contributed by atoms with Crippen LogP contribution in [0.3, 0.4) is 0 Å². The van der Waals surface area contributed by atoms with Crippen LogP contribution in [-0.2, 0) is 13.1 Å². The average Bonchev–Trinajstić information content (AvgIpc) is 2.87. The lowest BCUT2D eigenvalue weighted by molar-refractivity contribution is 0.169. The molecule has 2 heterocycles. The summed E-state index contributed by atoms with van der Waals surface area (Å²) in [6.07, 6.45) is 0. The number of nitrogen functional groups attached to an aromatic ring is 1. The van der Waals surface area contributed by atoms with Gasteiger partial charge >= 0.3 is 0 Å². The van der Waals surface area contributed by atoms with Crippen LogP contribution in [0.25, 0.3) is 11.2 Å². The highest BCUT2D eigenvalue weighted by molar-refractivity contribution is 5.77. The molecular formula is C15H28N6. The van der Waals surface area contributed by atoms with Gasteiger partial charge in [-0.3, -0.25) is 9.47 Å². The maximum absolute atomic E-state index is 6.12. The van der Waals surface area contributed by atoms with Crippen LogP contribution in [0, 0.1) is 6.92 Å². The van der Waals surface area contributed by atoms with Crippen molar-refractivity contribution in [2.45, 2.75) is 66.7 Å². The first-order valence-corrected chi connectivity index (χ1v) is 7.81. The third kappa shape index (κ3) is 2.90. The Morgan fingerprint density at radius 1 is 1.19 bits per heavy atom. The maximum atomic E-state index is 6.12. The summed E-state index contributed by atoms with van der Waals surface area (Å²) in [4.78, 5) is 6.95. The molecule has 6 heteroatoms. The van der Waals surface area contributed by atoms with Gasteiger partial charge in [0.25, 0.3) is 0 Å². The van der Waals surface area contributed by atoms with E-state index in [1.54, 1.807) is 0 Å². The highest BCUT2D eigenvalue weighted by atomic mass is 15.4. The lowest BCUT2D eigenvalue weighted by Gasteiger charge is -2.30. The van der Waals surface area contributed by atoms with Crippen LogP contribution in [-0.4, -0.2) is 42.9 Å². The van der Waals surface area contributed by atoms with Crippen molar-refractivity contribution in [1.29, 1.82) is 0 Å². The van der Waals surface area contributed by atoms with E-state index in [0.29, 0.717) is 18.0 Å². The predicted molar refractivity (Wildman–Crippen MR) is 87.3 cm³/mol. The number of imidazole rings is 1. The molecule has 0 unspecified atom stereocenters. The minimum absolute atomic E-state index is 0.517. The summed E-state index contributed by atoms with van der Waals surface area (Å²) in [6, 6.07) is 1.03. The van der Waals surface area contributed by atoms with E-state index >= 15 is 0 Å². The van der Waals surface area contributed by atoms with Gasteiger partial charge in [0, 0.05) is 31.7 Å². The zero-order valence-corrected chi connectivity index (χ0v) is 14.1. The summed E-state index contributed by atoms with van der Waals surface area (Å²) in [6.45, 7) is 15.6. The van der Waals surface area contributed by atoms with Gasteiger partial charge in [-0.2, -0.15) is 5.10 Å². The molecule has 0 fully saturated rings. The first kappa shape index (κ1) is 15.8. The third-order valence-corrected chi connectivity index (χ3v) is 4.04. The minimum atomic E-state index is 0.517. The Morgan fingerprint density at radius 2 is 1.81 bits per heavy atom. The van der Waals surface area contributed by atoms with E-state index in [1.165, 1.54) is 0 Å². The summed E-state index contributed by atoms with van der Waals surface area (Å²) in [5.74, 6) is 0.583. The summed E-state index contributed by atoms with van der Waals surface area (Å²) in [5, 5.41) is 4.53. The van der Waals surface area contributed by atoms with Gasteiger partial charge in [0.2, 0.25) is 5.95 Å². The molecule has 0 amide bonds. The summed E-state index contributed by atoms with van der Waals surface area (Å²) in [7, 11) is 0. The van der Waals surface area contributed by atoms with Gasteiger partial charge in [-0.25, -0.2) is 9.67 Å². The number of anilines is 1. The van der Waals surface area contributed by atoms with Crippen molar-refractivity contribution in [3.8, 4) is 0 Å². The Kier molecular flexibility index (Phi) is 4.56. The van der Waals surface area contributed by atoms with Crippen molar-refractivity contribution in [3.63, 3.8) is 0 Å². The van der Waals surface area contributed by atoms with Gasteiger partial charge in [0.1, 0.15) is 5.52 Å². The Balaban J connectivity index is 2.31. The Hall–Kier alpha value is -1.56. The molecule has 0 saturated carbocycles. The van der Waals surface area contributed by atoms with Crippen molar-refractivity contribution in [1.82, 2.24) is 24.2 Å². The van der Waals surface area contributed by atoms with E-state index in [0.717, 1.165) is 36.5 Å². The zero-order valence-electron chi connectivity index (χ0n) is 14.1. The second-order valence-corrected chi connectivity index (χ2v) is 6.12. The SMILES string of the molecule is CCn1nc(C)c2nc(N)n(CCN(C(C)C)C(C)C)c21. The fraction of sp³-hybridized carbons (Fsp3) is 0.733. The van der Waals surface area contributed by atoms with Gasteiger partial charge in [-0.15, -0.1) is 0 Å². The largest absolute Gasteiger partial charge is 0.369 e. The van der Waals surface area contributed by atoms with E-state index in [-0.39, 0.29) is 0 Å². The van der Waals surface area contributed by atoms with Gasteiger partial charge < -0.3 is 5.73 Å². The smallest absolute Gasteiger partial charge is 0.202 e. The molecule has 0 saturated heterocycles. The quantitative estimate of drug-likeness (QED) is 0.887. The van der Waals surface area contributed by atoms with Crippen LogP contribution in [0.15, 0.2) is 0 Å². The molecular weight excluding hydrogens is 264 g/mol. The maximum Gasteiger partial charge on any atom is 0.202 e. The number of hydrogen-bond acceptors (Lipinski definition) is 4. The molecule has 0 aliphatic carbocycles. The van der Waals surface area contributed by atoms with Crippen LogP contribution in [0.1, 0.15) is 40.3 Å². The normalized spacial score (nSPS) is 12.4. The minimum Gasteiger partial charge on any atom is -0.369 e. The molecule has 0 radical (unpaired) electrons. The van der Waals surface area contributed by atoms with Gasteiger partial charge in [0.15, 0.2) is 5.65 Å². The molecule has 2 aromatic rings. The molecule has 0 aliphatic heterocycles. The highest BCUT2D eigenvalue weighted by Gasteiger charge is 2.19. The molecule has 2 N–H and O–H groups in total. The molecule has 6 nitrogen and oxygen atoms in total. The second kappa shape index (κ2) is 6.05. The van der Waals surface area contributed by atoms with Crippen LogP contribution < -0.4 is 5.73 Å². The second-order valence-electron chi connectivity index (χ2n) is 6.12. The Labute approximate surface area is 126 Å². The average molecular weight is 292 g/mol. The van der Waals surface area contributed by atoms with Crippen molar-refractivity contribution in [2.24, 2.45) is 0 Å². The predicted octanol–water partition coefficient (Wildman–Crippen LogP) is 2.26. The Morgan fingerprint density at radius 3 is 2.33 bits per heavy atom. The molecule has 0 spiro atoms. The topological polar surface area (TPSA) is 64.9 Å². The van der Waals surface area contributed by atoms with E-state index < -0.39 is 0 Å². The van der Waals surface area contributed by atoms with Crippen LogP contribution >= 0.6 is 0 Å². The summed E-state index contributed by atoms with van der Waals surface area (Å²) >= 11 is 0. The van der Waals surface area contributed by atoms with E-state index in [1.807, 2.05) is 11.6 Å². The number of nitrogens with two attached hydrogens (primary N) is 1. The number of rotatable bonds is 6. The number of aromatic nitrogens is 4. The van der Waals surface area contributed by atoms with E-state index in [9.17, 15) is 0 Å². The van der Waals surface area contributed by atoms with Gasteiger partial charge in [0.05, 0.1) is 5.69 Å². The highest BCUT2D eigenvalue weighted by Crippen LogP contribution is 2.21. The standard InChI is InChI=1S/C15H28N6/c1-7-21-14-13(12(6)18-21)17-15(16)20(14)9-8-19(10(2)3)11(4)5/h10-11H,7-9H2,1-6H3,(H2,16,17). The first-order valence-electron chi connectivity index (χ1n) is 7.81. The van der Waals surface area contributed by atoms with Crippen molar-refractivity contribution in [2.75, 3.05) is 12.3 Å².